The quantitative estimate of drug-likeness (QED) is 0.683. The highest BCUT2D eigenvalue weighted by Gasteiger charge is 2.30. The molecule has 9 heteroatoms. The third-order valence-electron chi connectivity index (χ3n) is 4.36. The van der Waals surface area contributed by atoms with Gasteiger partial charge in [0.15, 0.2) is 0 Å². The summed E-state index contributed by atoms with van der Waals surface area (Å²) in [4.78, 5) is 24.1. The second kappa shape index (κ2) is 9.49. The first-order chi connectivity index (χ1) is 13.1. The lowest BCUT2D eigenvalue weighted by atomic mass is 10.1. The topological polar surface area (TPSA) is 105 Å². The number of amides is 2. The van der Waals surface area contributed by atoms with Crippen LogP contribution in [0.4, 0.5) is 0 Å². The zero-order chi connectivity index (χ0) is 20.9. The molecule has 2 rings (SSSR count). The number of hydrogen-bond acceptors (Lipinski definition) is 5. The third kappa shape index (κ3) is 6.57. The van der Waals surface area contributed by atoms with Gasteiger partial charge in [0.25, 0.3) is 5.91 Å². The number of hydrogen-bond donors (Lipinski definition) is 2. The van der Waals surface area contributed by atoms with E-state index in [1.54, 1.807) is 12.1 Å². The van der Waals surface area contributed by atoms with Crippen LogP contribution in [-0.2, 0) is 19.6 Å². The van der Waals surface area contributed by atoms with Crippen molar-refractivity contribution in [2.75, 3.05) is 31.9 Å². The van der Waals surface area contributed by atoms with E-state index in [1.165, 1.54) is 4.31 Å². The molecule has 1 saturated heterocycles. The molecule has 0 bridgehead atoms. The Balaban J connectivity index is 1.77. The van der Waals surface area contributed by atoms with Crippen LogP contribution in [0.5, 0.6) is 0 Å². The summed E-state index contributed by atoms with van der Waals surface area (Å²) < 4.78 is 31.8. The van der Waals surface area contributed by atoms with E-state index < -0.39 is 15.9 Å². The normalized spacial score (nSPS) is 20.6. The van der Waals surface area contributed by atoms with Gasteiger partial charge in [-0.25, -0.2) is 8.42 Å². The van der Waals surface area contributed by atoms with Crippen molar-refractivity contribution >= 4 is 21.8 Å². The van der Waals surface area contributed by atoms with Crippen LogP contribution in [0.3, 0.4) is 0 Å². The van der Waals surface area contributed by atoms with Gasteiger partial charge >= 0.3 is 0 Å². The average molecular weight is 412 g/mol. The van der Waals surface area contributed by atoms with Crippen LogP contribution in [0.2, 0.25) is 0 Å². The molecule has 1 aliphatic rings. The van der Waals surface area contributed by atoms with Crippen LogP contribution in [0.1, 0.15) is 35.3 Å². The van der Waals surface area contributed by atoms with E-state index in [2.05, 4.69) is 10.6 Å². The van der Waals surface area contributed by atoms with Crippen LogP contribution in [0.25, 0.3) is 0 Å². The molecule has 1 aliphatic heterocycles. The standard InChI is InChI=1S/C19H29N3O5S/c1-13-7-14(2)9-17(8-13)19(24)21-10-18(23)20-5-6-28(25,26)22-11-15(3)27-16(4)12-22/h7-9,15-16H,5-6,10-12H2,1-4H3,(H,20,23)(H,21,24). The Bertz CT molecular complexity index is 795. The van der Waals surface area contributed by atoms with Crippen molar-refractivity contribution in [3.05, 3.63) is 34.9 Å². The van der Waals surface area contributed by atoms with Crippen LogP contribution >= 0.6 is 0 Å². The van der Waals surface area contributed by atoms with Gasteiger partial charge in [0.1, 0.15) is 0 Å². The highest BCUT2D eigenvalue weighted by Crippen LogP contribution is 2.14. The van der Waals surface area contributed by atoms with Crippen molar-refractivity contribution in [3.8, 4) is 0 Å². The molecule has 0 saturated carbocycles. The second-order valence-electron chi connectivity index (χ2n) is 7.30. The minimum Gasteiger partial charge on any atom is -0.373 e. The number of rotatable bonds is 7. The molecule has 2 N–H and O–H groups in total. The maximum atomic E-state index is 12.4. The molecule has 1 aromatic rings. The van der Waals surface area contributed by atoms with Gasteiger partial charge in [-0.1, -0.05) is 17.2 Å². The smallest absolute Gasteiger partial charge is 0.251 e. The number of benzene rings is 1. The van der Waals surface area contributed by atoms with Gasteiger partial charge in [-0.2, -0.15) is 4.31 Å². The Hall–Kier alpha value is -1.97. The molecule has 1 heterocycles. The molecule has 2 unspecified atom stereocenters. The first-order valence-electron chi connectivity index (χ1n) is 9.33. The highest BCUT2D eigenvalue weighted by molar-refractivity contribution is 7.89. The number of carbonyl (C=O) groups is 2. The van der Waals surface area contributed by atoms with Gasteiger partial charge in [0.05, 0.1) is 24.5 Å². The largest absolute Gasteiger partial charge is 0.373 e. The molecule has 0 aromatic heterocycles. The number of carbonyl (C=O) groups excluding carboxylic acids is 2. The molecule has 156 valence electrons. The molecule has 0 aliphatic carbocycles. The fourth-order valence-corrected chi connectivity index (χ4v) is 4.73. The second-order valence-corrected chi connectivity index (χ2v) is 9.39. The van der Waals surface area contributed by atoms with E-state index in [4.69, 9.17) is 4.74 Å². The highest BCUT2D eigenvalue weighted by atomic mass is 32.2. The molecule has 28 heavy (non-hydrogen) atoms. The van der Waals surface area contributed by atoms with E-state index in [0.29, 0.717) is 18.7 Å². The monoisotopic (exact) mass is 411 g/mol. The lowest BCUT2D eigenvalue weighted by Crippen LogP contribution is -2.50. The van der Waals surface area contributed by atoms with Gasteiger partial charge in [0.2, 0.25) is 15.9 Å². The summed E-state index contributed by atoms with van der Waals surface area (Å²) in [5.41, 5.74) is 2.42. The number of sulfonamides is 1. The molecular formula is C19H29N3O5S. The number of morpholine rings is 1. The Morgan fingerprint density at radius 2 is 1.64 bits per heavy atom. The van der Waals surface area contributed by atoms with E-state index in [0.717, 1.165) is 11.1 Å². The fraction of sp³-hybridized carbons (Fsp3) is 0.579. The summed E-state index contributed by atoms with van der Waals surface area (Å²) in [6.07, 6.45) is -0.317. The number of nitrogens with one attached hydrogen (secondary N) is 2. The summed E-state index contributed by atoms with van der Waals surface area (Å²) in [6, 6.07) is 5.45. The Kier molecular flexibility index (Phi) is 7.56. The minimum atomic E-state index is -3.48. The summed E-state index contributed by atoms with van der Waals surface area (Å²) in [5.74, 6) is -0.967. The van der Waals surface area contributed by atoms with Crippen molar-refractivity contribution in [1.29, 1.82) is 0 Å². The van der Waals surface area contributed by atoms with E-state index in [1.807, 2.05) is 33.8 Å². The van der Waals surface area contributed by atoms with Gasteiger partial charge < -0.3 is 15.4 Å². The van der Waals surface area contributed by atoms with Crippen molar-refractivity contribution in [2.24, 2.45) is 0 Å². The van der Waals surface area contributed by atoms with Gasteiger partial charge in [-0.3, -0.25) is 9.59 Å². The average Bonchev–Trinajstić information content (AvgIpc) is 2.57. The first-order valence-corrected chi connectivity index (χ1v) is 10.9. The molecule has 1 fully saturated rings. The van der Waals surface area contributed by atoms with Crippen LogP contribution < -0.4 is 10.6 Å². The van der Waals surface area contributed by atoms with Gasteiger partial charge in [-0.15, -0.1) is 0 Å². The Morgan fingerprint density at radius 3 is 2.21 bits per heavy atom. The van der Waals surface area contributed by atoms with Crippen molar-refractivity contribution in [3.63, 3.8) is 0 Å². The van der Waals surface area contributed by atoms with E-state index in [9.17, 15) is 18.0 Å². The van der Waals surface area contributed by atoms with Crippen LogP contribution in [0.15, 0.2) is 18.2 Å². The summed E-state index contributed by atoms with van der Waals surface area (Å²) in [7, 11) is -3.48. The lowest BCUT2D eigenvalue weighted by Gasteiger charge is -2.34. The van der Waals surface area contributed by atoms with Gasteiger partial charge in [0, 0.05) is 25.2 Å². The molecule has 2 amide bonds. The zero-order valence-electron chi connectivity index (χ0n) is 16.8. The third-order valence-corrected chi connectivity index (χ3v) is 6.16. The SMILES string of the molecule is Cc1cc(C)cc(C(=O)NCC(=O)NCCS(=O)(=O)N2CC(C)OC(C)C2)c1. The summed E-state index contributed by atoms with van der Waals surface area (Å²) in [5, 5.41) is 5.09. The predicted octanol–water partition coefficient (Wildman–Crippen LogP) is 0.588. The summed E-state index contributed by atoms with van der Waals surface area (Å²) in [6.45, 7) is 7.86. The van der Waals surface area contributed by atoms with E-state index >= 15 is 0 Å². The Labute approximate surface area is 166 Å². The maximum Gasteiger partial charge on any atom is 0.251 e. The summed E-state index contributed by atoms with van der Waals surface area (Å²) >= 11 is 0. The maximum absolute atomic E-state index is 12.4. The number of ether oxygens (including phenoxy) is 1. The Morgan fingerprint density at radius 1 is 1.07 bits per heavy atom. The zero-order valence-corrected chi connectivity index (χ0v) is 17.6. The van der Waals surface area contributed by atoms with Crippen molar-refractivity contribution < 1.29 is 22.7 Å². The first kappa shape index (κ1) is 22.3. The van der Waals surface area contributed by atoms with Crippen LogP contribution in [-0.4, -0.2) is 68.7 Å². The minimum absolute atomic E-state index is 0.0132. The molecule has 0 spiro atoms. The van der Waals surface area contributed by atoms with Gasteiger partial charge in [-0.05, 0) is 39.8 Å². The predicted molar refractivity (Wildman–Crippen MR) is 107 cm³/mol. The molecule has 8 nitrogen and oxygen atoms in total. The number of aryl methyl sites for hydroxylation is 2. The van der Waals surface area contributed by atoms with Crippen molar-refractivity contribution in [2.45, 2.75) is 39.9 Å². The number of nitrogens with zero attached hydrogens (tertiary/aromatic N) is 1. The lowest BCUT2D eigenvalue weighted by molar-refractivity contribution is -0.120. The molecule has 1 aromatic carbocycles. The van der Waals surface area contributed by atoms with Crippen LogP contribution in [0, 0.1) is 13.8 Å². The van der Waals surface area contributed by atoms with Crippen molar-refractivity contribution in [1.82, 2.24) is 14.9 Å². The molecule has 0 radical (unpaired) electrons. The molecule has 2 atom stereocenters. The fourth-order valence-electron chi connectivity index (χ4n) is 3.24. The molecular weight excluding hydrogens is 382 g/mol. The van der Waals surface area contributed by atoms with E-state index in [-0.39, 0.29) is 37.0 Å².